The van der Waals surface area contributed by atoms with Gasteiger partial charge in [-0.05, 0) is 36.5 Å². The van der Waals surface area contributed by atoms with Crippen molar-refractivity contribution in [1.29, 1.82) is 0 Å². The molecule has 1 aromatic carbocycles. The Balaban J connectivity index is 1.86. The molecule has 2 atom stereocenters. The van der Waals surface area contributed by atoms with Gasteiger partial charge in [-0.3, -0.25) is 0 Å². The highest BCUT2D eigenvalue weighted by Crippen LogP contribution is 2.28. The normalized spacial score (nSPS) is 23.3. The topological polar surface area (TPSA) is 41.5 Å². The summed E-state index contributed by atoms with van der Waals surface area (Å²) >= 11 is 0. The largest absolute Gasteiger partial charge is 0.504 e. The van der Waals surface area contributed by atoms with Crippen molar-refractivity contribution >= 4 is 0 Å². The van der Waals surface area contributed by atoms with E-state index in [0.29, 0.717) is 11.8 Å². The number of ether oxygens (including phenoxy) is 1. The first kappa shape index (κ1) is 14.2. The number of hydrogen-bond donors (Lipinski definition) is 2. The molecule has 0 aliphatic heterocycles. The van der Waals surface area contributed by atoms with Gasteiger partial charge in [-0.1, -0.05) is 32.3 Å². The van der Waals surface area contributed by atoms with Crippen molar-refractivity contribution in [3.8, 4) is 11.5 Å². The number of phenols is 1. The lowest BCUT2D eigenvalue weighted by molar-refractivity contribution is 0.278. The van der Waals surface area contributed by atoms with E-state index in [-0.39, 0.29) is 5.75 Å². The molecule has 0 spiro atoms. The van der Waals surface area contributed by atoms with Crippen molar-refractivity contribution in [1.82, 2.24) is 5.32 Å². The second-order valence-corrected chi connectivity index (χ2v) is 5.52. The van der Waals surface area contributed by atoms with Crippen LogP contribution in [0.15, 0.2) is 18.2 Å². The van der Waals surface area contributed by atoms with Gasteiger partial charge >= 0.3 is 0 Å². The fourth-order valence-electron chi connectivity index (χ4n) is 2.95. The maximum Gasteiger partial charge on any atom is 0.160 e. The van der Waals surface area contributed by atoms with Crippen molar-refractivity contribution in [2.24, 2.45) is 5.92 Å². The van der Waals surface area contributed by atoms with Gasteiger partial charge in [0.05, 0.1) is 7.11 Å². The van der Waals surface area contributed by atoms with E-state index in [1.807, 2.05) is 12.1 Å². The Morgan fingerprint density at radius 3 is 2.89 bits per heavy atom. The molecule has 0 heterocycles. The van der Waals surface area contributed by atoms with Gasteiger partial charge in [0.1, 0.15) is 0 Å². The molecule has 0 saturated heterocycles. The maximum atomic E-state index is 9.76. The van der Waals surface area contributed by atoms with Crippen LogP contribution in [0.3, 0.4) is 0 Å². The predicted octanol–water partition coefficient (Wildman–Crippen LogP) is 3.46. The molecule has 1 aliphatic rings. The molecule has 1 aromatic rings. The zero-order valence-corrected chi connectivity index (χ0v) is 12.0. The molecule has 2 N–H and O–H groups in total. The molecule has 0 radical (unpaired) electrons. The van der Waals surface area contributed by atoms with Crippen LogP contribution >= 0.6 is 0 Å². The van der Waals surface area contributed by atoms with Gasteiger partial charge in [0.25, 0.3) is 0 Å². The predicted molar refractivity (Wildman–Crippen MR) is 77.5 cm³/mol. The first-order valence-electron chi connectivity index (χ1n) is 7.32. The Bertz CT molecular complexity index is 406. The third-order valence-electron chi connectivity index (χ3n) is 4.20. The van der Waals surface area contributed by atoms with Crippen LogP contribution in [0.5, 0.6) is 11.5 Å². The summed E-state index contributed by atoms with van der Waals surface area (Å²) in [6.07, 6.45) is 6.58. The van der Waals surface area contributed by atoms with Crippen LogP contribution in [0.4, 0.5) is 0 Å². The van der Waals surface area contributed by atoms with E-state index in [4.69, 9.17) is 4.74 Å². The summed E-state index contributed by atoms with van der Waals surface area (Å²) in [5, 5.41) is 13.4. The van der Waals surface area contributed by atoms with E-state index in [2.05, 4.69) is 12.2 Å². The van der Waals surface area contributed by atoms with Crippen molar-refractivity contribution in [2.75, 3.05) is 7.11 Å². The minimum Gasteiger partial charge on any atom is -0.504 e. The lowest BCUT2D eigenvalue weighted by atomic mass is 9.84. The highest BCUT2D eigenvalue weighted by molar-refractivity contribution is 5.41. The van der Waals surface area contributed by atoms with E-state index in [0.717, 1.165) is 18.0 Å². The second-order valence-electron chi connectivity index (χ2n) is 5.52. The molecule has 1 saturated carbocycles. The van der Waals surface area contributed by atoms with E-state index in [1.165, 1.54) is 32.1 Å². The molecule has 0 aromatic heterocycles. The SMILES string of the molecule is CCC1CCCC(NCc2ccc(OC)c(O)c2)C1. The van der Waals surface area contributed by atoms with Crippen LogP contribution in [0.2, 0.25) is 0 Å². The third-order valence-corrected chi connectivity index (χ3v) is 4.20. The van der Waals surface area contributed by atoms with Crippen LogP contribution in [-0.2, 0) is 6.54 Å². The average Bonchev–Trinajstić information content (AvgIpc) is 2.45. The number of hydrogen-bond acceptors (Lipinski definition) is 3. The lowest BCUT2D eigenvalue weighted by Gasteiger charge is -2.29. The molecule has 2 rings (SSSR count). The summed E-state index contributed by atoms with van der Waals surface area (Å²) in [5.74, 6) is 1.64. The van der Waals surface area contributed by atoms with Gasteiger partial charge in [-0.2, -0.15) is 0 Å². The Kier molecular flexibility index (Phi) is 5.08. The summed E-state index contributed by atoms with van der Waals surface area (Å²) < 4.78 is 5.05. The minimum atomic E-state index is 0.219. The van der Waals surface area contributed by atoms with Crippen LogP contribution in [0.1, 0.15) is 44.6 Å². The van der Waals surface area contributed by atoms with Crippen LogP contribution in [0.25, 0.3) is 0 Å². The van der Waals surface area contributed by atoms with Crippen molar-refractivity contribution in [3.05, 3.63) is 23.8 Å². The first-order chi connectivity index (χ1) is 9.22. The van der Waals surface area contributed by atoms with E-state index in [9.17, 15) is 5.11 Å². The van der Waals surface area contributed by atoms with Gasteiger partial charge in [0.15, 0.2) is 11.5 Å². The zero-order valence-electron chi connectivity index (χ0n) is 12.0. The summed E-state index contributed by atoms with van der Waals surface area (Å²) in [4.78, 5) is 0. The summed E-state index contributed by atoms with van der Waals surface area (Å²) in [6.45, 7) is 3.10. The molecule has 3 nitrogen and oxygen atoms in total. The van der Waals surface area contributed by atoms with Gasteiger partial charge in [0.2, 0.25) is 0 Å². The number of aromatic hydroxyl groups is 1. The summed E-state index contributed by atoms with van der Waals surface area (Å²) in [6, 6.07) is 6.24. The number of methoxy groups -OCH3 is 1. The van der Waals surface area contributed by atoms with Crippen molar-refractivity contribution < 1.29 is 9.84 Å². The zero-order chi connectivity index (χ0) is 13.7. The monoisotopic (exact) mass is 263 g/mol. The molecular formula is C16H25NO2. The van der Waals surface area contributed by atoms with E-state index < -0.39 is 0 Å². The highest BCUT2D eigenvalue weighted by atomic mass is 16.5. The molecule has 1 aliphatic carbocycles. The fraction of sp³-hybridized carbons (Fsp3) is 0.625. The Morgan fingerprint density at radius 2 is 2.21 bits per heavy atom. The average molecular weight is 263 g/mol. The van der Waals surface area contributed by atoms with E-state index >= 15 is 0 Å². The van der Waals surface area contributed by atoms with Crippen LogP contribution in [0, 0.1) is 5.92 Å². The Morgan fingerprint density at radius 1 is 1.37 bits per heavy atom. The van der Waals surface area contributed by atoms with Crippen molar-refractivity contribution in [3.63, 3.8) is 0 Å². The number of benzene rings is 1. The van der Waals surface area contributed by atoms with Gasteiger partial charge in [-0.15, -0.1) is 0 Å². The number of rotatable bonds is 5. The fourth-order valence-corrected chi connectivity index (χ4v) is 2.95. The quantitative estimate of drug-likeness (QED) is 0.855. The molecular weight excluding hydrogens is 238 g/mol. The lowest BCUT2D eigenvalue weighted by Crippen LogP contribution is -2.33. The third kappa shape index (κ3) is 3.87. The highest BCUT2D eigenvalue weighted by Gasteiger charge is 2.20. The second kappa shape index (κ2) is 6.80. The smallest absolute Gasteiger partial charge is 0.160 e. The molecule has 19 heavy (non-hydrogen) atoms. The molecule has 3 heteroatoms. The van der Waals surface area contributed by atoms with Crippen LogP contribution in [-0.4, -0.2) is 18.3 Å². The molecule has 2 unspecified atom stereocenters. The molecule has 106 valence electrons. The number of phenolic OH excluding ortho intramolecular Hbond substituents is 1. The first-order valence-corrected chi connectivity index (χ1v) is 7.32. The molecule has 0 bridgehead atoms. The Hall–Kier alpha value is -1.22. The van der Waals surface area contributed by atoms with Gasteiger partial charge in [-0.25, -0.2) is 0 Å². The van der Waals surface area contributed by atoms with E-state index in [1.54, 1.807) is 13.2 Å². The summed E-state index contributed by atoms with van der Waals surface area (Å²) in [7, 11) is 1.57. The Labute approximate surface area is 116 Å². The molecule has 1 fully saturated rings. The van der Waals surface area contributed by atoms with Crippen molar-refractivity contribution in [2.45, 2.75) is 51.6 Å². The standard InChI is InChI=1S/C16H25NO2/c1-3-12-5-4-6-14(9-12)17-11-13-7-8-16(19-2)15(18)10-13/h7-8,10,12,14,17-18H,3-6,9,11H2,1-2H3. The van der Waals surface area contributed by atoms with Gasteiger partial charge in [0, 0.05) is 12.6 Å². The van der Waals surface area contributed by atoms with Gasteiger partial charge < -0.3 is 15.2 Å². The minimum absolute atomic E-state index is 0.219. The number of nitrogens with one attached hydrogen (secondary N) is 1. The summed E-state index contributed by atoms with van der Waals surface area (Å²) in [5.41, 5.74) is 1.11. The maximum absolute atomic E-state index is 9.76. The molecule has 0 amide bonds. The van der Waals surface area contributed by atoms with Crippen LogP contribution < -0.4 is 10.1 Å².